The monoisotopic (exact) mass is 302 g/mol. The summed E-state index contributed by atoms with van der Waals surface area (Å²) < 4.78 is 10.4. The van der Waals surface area contributed by atoms with Gasteiger partial charge in [-0.05, 0) is 24.6 Å². The van der Waals surface area contributed by atoms with Crippen LogP contribution in [0.4, 0.5) is 0 Å². The molecule has 0 unspecified atom stereocenters. The lowest BCUT2D eigenvalue weighted by atomic mass is 9.77. The first kappa shape index (κ1) is 14.3. The number of aryl methyl sites for hydroxylation is 1. The van der Waals surface area contributed by atoms with Crippen LogP contribution in [0.25, 0.3) is 0 Å². The van der Waals surface area contributed by atoms with E-state index in [1.807, 2.05) is 0 Å². The van der Waals surface area contributed by atoms with E-state index in [0.29, 0.717) is 5.56 Å². The minimum atomic E-state index is -1.95. The molecule has 1 aromatic rings. The fourth-order valence-electron chi connectivity index (χ4n) is 2.81. The van der Waals surface area contributed by atoms with Gasteiger partial charge in [-0.3, -0.25) is 4.79 Å². The number of ether oxygens (including phenoxy) is 2. The lowest BCUT2D eigenvalue weighted by Crippen LogP contribution is -2.60. The van der Waals surface area contributed by atoms with Gasteiger partial charge in [-0.25, -0.2) is 4.79 Å². The minimum absolute atomic E-state index is 0.0288. The van der Waals surface area contributed by atoms with Crippen molar-refractivity contribution in [2.45, 2.75) is 18.6 Å². The largest absolute Gasteiger partial charge is 0.507 e. The smallest absolute Gasteiger partial charge is 0.358 e. The molecule has 1 aliphatic carbocycles. The number of methoxy groups -OCH3 is 1. The molecule has 114 valence electrons. The molecule has 0 amide bonds. The number of benzene rings is 1. The van der Waals surface area contributed by atoms with Gasteiger partial charge in [0.15, 0.2) is 0 Å². The lowest BCUT2D eigenvalue weighted by Gasteiger charge is -2.40. The summed E-state index contributed by atoms with van der Waals surface area (Å²) in [5.74, 6) is -1.65. The third kappa shape index (κ3) is 1.70. The Kier molecular flexibility index (Phi) is 3.07. The van der Waals surface area contributed by atoms with Crippen molar-refractivity contribution in [3.63, 3.8) is 0 Å². The number of phenols is 1. The van der Waals surface area contributed by atoms with Crippen molar-refractivity contribution in [1.82, 2.24) is 0 Å². The summed E-state index contributed by atoms with van der Waals surface area (Å²) in [6, 6.07) is 2.96. The number of phenolic OH excluding ortho intramolecular Hbond substituents is 1. The van der Waals surface area contributed by atoms with Crippen molar-refractivity contribution in [2.75, 3.05) is 7.11 Å². The number of allylic oxidation sites excluding steroid dienone is 2. The maximum absolute atomic E-state index is 12.7. The summed E-state index contributed by atoms with van der Waals surface area (Å²) in [6.45, 7) is 1.71. The molecule has 6 heteroatoms. The third-order valence-electron chi connectivity index (χ3n) is 3.83. The number of aliphatic hydroxyl groups is 1. The van der Waals surface area contributed by atoms with Crippen LogP contribution in [-0.2, 0) is 9.53 Å². The van der Waals surface area contributed by atoms with Crippen LogP contribution in [-0.4, -0.2) is 40.8 Å². The molecule has 0 aromatic heterocycles. The highest BCUT2D eigenvalue weighted by Crippen LogP contribution is 2.45. The summed E-state index contributed by atoms with van der Waals surface area (Å²) in [6.07, 6.45) is 2.81. The number of rotatable bonds is 1. The summed E-state index contributed by atoms with van der Waals surface area (Å²) in [5, 5.41) is 20.3. The van der Waals surface area contributed by atoms with Crippen molar-refractivity contribution in [1.29, 1.82) is 0 Å². The standard InChI is InChI=1S/C16H14O6/c1-8-6-10(17)13-11(7-8)22-16(15(20)21-2)9(14(13)19)4-3-5-12(16)18/h3-7,12,17-18H,1-2H3/t12-,16+/m1/s1. The van der Waals surface area contributed by atoms with Crippen molar-refractivity contribution in [3.8, 4) is 11.5 Å². The Labute approximate surface area is 126 Å². The summed E-state index contributed by atoms with van der Waals surface area (Å²) in [5.41, 5.74) is -1.40. The van der Waals surface area contributed by atoms with Gasteiger partial charge in [-0.2, -0.15) is 0 Å². The van der Waals surface area contributed by atoms with Crippen LogP contribution < -0.4 is 4.74 Å². The molecule has 2 aliphatic rings. The highest BCUT2D eigenvalue weighted by Gasteiger charge is 2.58. The van der Waals surface area contributed by atoms with Crippen molar-refractivity contribution >= 4 is 11.8 Å². The second-order valence-electron chi connectivity index (χ2n) is 5.23. The van der Waals surface area contributed by atoms with Gasteiger partial charge < -0.3 is 19.7 Å². The molecule has 0 saturated heterocycles. The average molecular weight is 302 g/mol. The van der Waals surface area contributed by atoms with Crippen LogP contribution in [0.5, 0.6) is 11.5 Å². The van der Waals surface area contributed by atoms with E-state index >= 15 is 0 Å². The molecule has 1 aromatic carbocycles. The Morgan fingerprint density at radius 1 is 1.41 bits per heavy atom. The average Bonchev–Trinajstić information content (AvgIpc) is 2.47. The number of aromatic hydroxyl groups is 1. The lowest BCUT2D eigenvalue weighted by molar-refractivity contribution is -0.162. The van der Waals surface area contributed by atoms with Crippen LogP contribution in [0.1, 0.15) is 15.9 Å². The number of Topliss-reactive ketones (excluding diaryl/α,β-unsaturated/α-hetero) is 1. The number of aliphatic hydroxyl groups excluding tert-OH is 1. The summed E-state index contributed by atoms with van der Waals surface area (Å²) in [4.78, 5) is 25.0. The fourth-order valence-corrected chi connectivity index (χ4v) is 2.81. The van der Waals surface area contributed by atoms with Crippen molar-refractivity contribution in [3.05, 3.63) is 47.1 Å². The van der Waals surface area contributed by atoms with E-state index in [2.05, 4.69) is 0 Å². The molecule has 1 heterocycles. The SMILES string of the molecule is COC(=O)[C@]12Oc3cc(C)cc(O)c3C(=O)C1=CC=C[C@H]2O. The molecular formula is C16H14O6. The molecular weight excluding hydrogens is 288 g/mol. The zero-order valence-electron chi connectivity index (χ0n) is 12.0. The van der Waals surface area contributed by atoms with Crippen LogP contribution in [0.2, 0.25) is 0 Å². The van der Waals surface area contributed by atoms with Gasteiger partial charge in [0.25, 0.3) is 5.60 Å². The number of carbonyl (C=O) groups is 2. The Hall–Kier alpha value is -2.60. The number of carbonyl (C=O) groups excluding carboxylic acids is 2. The quantitative estimate of drug-likeness (QED) is 0.753. The second-order valence-corrected chi connectivity index (χ2v) is 5.23. The van der Waals surface area contributed by atoms with E-state index < -0.39 is 23.5 Å². The normalized spacial score (nSPS) is 25.7. The van der Waals surface area contributed by atoms with Crippen molar-refractivity contribution < 1.29 is 29.3 Å². The first-order valence-corrected chi connectivity index (χ1v) is 6.64. The van der Waals surface area contributed by atoms with E-state index in [9.17, 15) is 19.8 Å². The molecule has 0 fully saturated rings. The molecule has 0 bridgehead atoms. The van der Waals surface area contributed by atoms with Gasteiger partial charge in [0.2, 0.25) is 5.78 Å². The van der Waals surface area contributed by atoms with Crippen LogP contribution in [0.3, 0.4) is 0 Å². The highest BCUT2D eigenvalue weighted by molar-refractivity contribution is 6.18. The Morgan fingerprint density at radius 2 is 2.14 bits per heavy atom. The number of esters is 1. The zero-order chi connectivity index (χ0) is 16.1. The second kappa shape index (κ2) is 4.71. The van der Waals surface area contributed by atoms with Crippen molar-refractivity contribution in [2.24, 2.45) is 0 Å². The highest BCUT2D eigenvalue weighted by atomic mass is 16.6. The summed E-state index contributed by atoms with van der Waals surface area (Å²) >= 11 is 0. The zero-order valence-corrected chi connectivity index (χ0v) is 12.0. The van der Waals surface area contributed by atoms with E-state index in [4.69, 9.17) is 9.47 Å². The molecule has 0 radical (unpaired) electrons. The Balaban J connectivity index is 2.29. The predicted molar refractivity (Wildman–Crippen MR) is 75.8 cm³/mol. The molecule has 0 saturated carbocycles. The number of hydrogen-bond acceptors (Lipinski definition) is 6. The van der Waals surface area contributed by atoms with E-state index in [1.54, 1.807) is 6.92 Å². The number of fused-ring (bicyclic) bond motifs is 2. The van der Waals surface area contributed by atoms with E-state index in [-0.39, 0.29) is 22.6 Å². The van der Waals surface area contributed by atoms with Gasteiger partial charge in [-0.15, -0.1) is 0 Å². The third-order valence-corrected chi connectivity index (χ3v) is 3.83. The molecule has 0 spiro atoms. The van der Waals surface area contributed by atoms with Gasteiger partial charge in [0, 0.05) is 0 Å². The summed E-state index contributed by atoms with van der Waals surface area (Å²) in [7, 11) is 1.15. The maximum atomic E-state index is 12.7. The van der Waals surface area contributed by atoms with Crippen LogP contribution in [0, 0.1) is 6.92 Å². The first-order valence-electron chi connectivity index (χ1n) is 6.64. The van der Waals surface area contributed by atoms with Gasteiger partial charge in [0.1, 0.15) is 23.2 Å². The molecule has 3 rings (SSSR count). The maximum Gasteiger partial charge on any atom is 0.358 e. The van der Waals surface area contributed by atoms with E-state index in [1.165, 1.54) is 30.4 Å². The van der Waals surface area contributed by atoms with Gasteiger partial charge in [0.05, 0.1) is 12.7 Å². The predicted octanol–water partition coefficient (Wildman–Crippen LogP) is 1.04. The van der Waals surface area contributed by atoms with Crippen LogP contribution >= 0.6 is 0 Å². The van der Waals surface area contributed by atoms with Gasteiger partial charge in [-0.1, -0.05) is 18.2 Å². The number of hydrogen-bond donors (Lipinski definition) is 2. The molecule has 2 atom stereocenters. The molecule has 22 heavy (non-hydrogen) atoms. The fraction of sp³-hybridized carbons (Fsp3) is 0.250. The first-order chi connectivity index (χ1) is 10.4. The molecule has 1 aliphatic heterocycles. The Morgan fingerprint density at radius 3 is 2.82 bits per heavy atom. The van der Waals surface area contributed by atoms with Gasteiger partial charge >= 0.3 is 5.97 Å². The van der Waals surface area contributed by atoms with Crippen LogP contribution in [0.15, 0.2) is 35.9 Å². The molecule has 6 nitrogen and oxygen atoms in total. The minimum Gasteiger partial charge on any atom is -0.507 e. The number of ketones is 1. The molecule has 2 N–H and O–H groups in total. The topological polar surface area (TPSA) is 93.1 Å². The van der Waals surface area contributed by atoms with E-state index in [0.717, 1.165) is 7.11 Å². The Bertz CT molecular complexity index is 745.